The molecule has 1 fully saturated rings. The van der Waals surface area contributed by atoms with Gasteiger partial charge in [-0.15, -0.1) is 0 Å². The van der Waals surface area contributed by atoms with E-state index in [-0.39, 0.29) is 0 Å². The molecule has 0 bridgehead atoms. The van der Waals surface area contributed by atoms with Gasteiger partial charge < -0.3 is 10.2 Å². The third-order valence-corrected chi connectivity index (χ3v) is 4.85. The van der Waals surface area contributed by atoms with Gasteiger partial charge in [0.1, 0.15) is 0 Å². The van der Waals surface area contributed by atoms with Gasteiger partial charge in [0.25, 0.3) is 0 Å². The maximum absolute atomic E-state index is 3.46. The summed E-state index contributed by atoms with van der Waals surface area (Å²) in [6, 6.07) is 7.15. The van der Waals surface area contributed by atoms with Gasteiger partial charge in [-0.2, -0.15) is 0 Å². The highest BCUT2D eigenvalue weighted by atomic mass is 15.1. The lowest BCUT2D eigenvalue weighted by Crippen LogP contribution is -2.30. The second kappa shape index (κ2) is 4.93. The SMILES string of the molecule is CC(c1ccc2c(c1)CCN2C)C1CCNCC1. The molecule has 2 aliphatic heterocycles. The largest absolute Gasteiger partial charge is 0.374 e. The van der Waals surface area contributed by atoms with Crippen LogP contribution >= 0.6 is 0 Å². The van der Waals surface area contributed by atoms with Crippen molar-refractivity contribution in [2.24, 2.45) is 5.92 Å². The van der Waals surface area contributed by atoms with Crippen LogP contribution in [0.15, 0.2) is 18.2 Å². The number of hydrogen-bond donors (Lipinski definition) is 1. The molecule has 0 radical (unpaired) electrons. The molecule has 1 aromatic carbocycles. The number of piperidine rings is 1. The van der Waals surface area contributed by atoms with Crippen LogP contribution in [0.5, 0.6) is 0 Å². The maximum Gasteiger partial charge on any atom is 0.0397 e. The summed E-state index contributed by atoms with van der Waals surface area (Å²) in [4.78, 5) is 2.37. The molecule has 1 N–H and O–H groups in total. The van der Waals surface area contributed by atoms with Crippen LogP contribution in [0.1, 0.15) is 36.8 Å². The summed E-state index contributed by atoms with van der Waals surface area (Å²) in [5.41, 5.74) is 4.54. The first-order valence-corrected chi connectivity index (χ1v) is 7.30. The van der Waals surface area contributed by atoms with E-state index in [0.29, 0.717) is 5.92 Å². The lowest BCUT2D eigenvalue weighted by Gasteiger charge is -2.29. The van der Waals surface area contributed by atoms with Gasteiger partial charge in [-0.3, -0.25) is 0 Å². The fourth-order valence-electron chi connectivity index (χ4n) is 3.49. The zero-order valence-electron chi connectivity index (χ0n) is 11.6. The van der Waals surface area contributed by atoms with E-state index < -0.39 is 0 Å². The molecule has 0 aliphatic carbocycles. The summed E-state index contributed by atoms with van der Waals surface area (Å²) in [5.74, 6) is 1.58. The number of benzene rings is 1. The van der Waals surface area contributed by atoms with Crippen molar-refractivity contribution < 1.29 is 0 Å². The first-order chi connectivity index (χ1) is 8.75. The van der Waals surface area contributed by atoms with Crippen molar-refractivity contribution in [1.29, 1.82) is 0 Å². The summed E-state index contributed by atoms with van der Waals surface area (Å²) in [6.45, 7) is 5.99. The van der Waals surface area contributed by atoms with Crippen molar-refractivity contribution >= 4 is 5.69 Å². The van der Waals surface area contributed by atoms with Crippen LogP contribution in [0.25, 0.3) is 0 Å². The van der Waals surface area contributed by atoms with E-state index in [1.54, 1.807) is 11.1 Å². The highest BCUT2D eigenvalue weighted by molar-refractivity contribution is 5.58. The maximum atomic E-state index is 3.46. The van der Waals surface area contributed by atoms with E-state index in [0.717, 1.165) is 5.92 Å². The fraction of sp³-hybridized carbons (Fsp3) is 0.625. The van der Waals surface area contributed by atoms with E-state index in [2.05, 4.69) is 42.4 Å². The Morgan fingerprint density at radius 3 is 2.83 bits per heavy atom. The summed E-state index contributed by atoms with van der Waals surface area (Å²) in [5, 5.41) is 3.46. The molecular formula is C16H24N2. The van der Waals surface area contributed by atoms with Gasteiger partial charge in [0.05, 0.1) is 0 Å². The topological polar surface area (TPSA) is 15.3 Å². The van der Waals surface area contributed by atoms with Crippen molar-refractivity contribution in [3.05, 3.63) is 29.3 Å². The highest BCUT2D eigenvalue weighted by Crippen LogP contribution is 2.34. The minimum Gasteiger partial charge on any atom is -0.374 e. The van der Waals surface area contributed by atoms with Crippen molar-refractivity contribution in [3.63, 3.8) is 0 Å². The molecule has 2 heteroatoms. The number of likely N-dealkylation sites (N-methyl/N-ethyl adjacent to an activating group) is 1. The Bertz CT molecular complexity index is 421. The summed E-state index contributed by atoms with van der Waals surface area (Å²) < 4.78 is 0. The smallest absolute Gasteiger partial charge is 0.0397 e. The summed E-state index contributed by atoms with van der Waals surface area (Å²) >= 11 is 0. The first-order valence-electron chi connectivity index (χ1n) is 7.30. The number of rotatable bonds is 2. The first kappa shape index (κ1) is 12.0. The van der Waals surface area contributed by atoms with Crippen LogP contribution in [-0.2, 0) is 6.42 Å². The molecular weight excluding hydrogens is 220 g/mol. The Morgan fingerprint density at radius 2 is 2.06 bits per heavy atom. The molecule has 0 aromatic heterocycles. The van der Waals surface area contributed by atoms with Crippen LogP contribution in [-0.4, -0.2) is 26.7 Å². The molecule has 0 saturated carbocycles. The normalized spacial score (nSPS) is 22.0. The quantitative estimate of drug-likeness (QED) is 0.860. The second-order valence-corrected chi connectivity index (χ2v) is 5.94. The van der Waals surface area contributed by atoms with Crippen LogP contribution < -0.4 is 10.2 Å². The van der Waals surface area contributed by atoms with Gasteiger partial charge in [-0.05, 0) is 61.4 Å². The fourth-order valence-corrected chi connectivity index (χ4v) is 3.49. The molecule has 98 valence electrons. The predicted molar refractivity (Wildman–Crippen MR) is 77.4 cm³/mol. The third-order valence-electron chi connectivity index (χ3n) is 4.85. The van der Waals surface area contributed by atoms with E-state index in [1.165, 1.54) is 44.6 Å². The lowest BCUT2D eigenvalue weighted by molar-refractivity contribution is 0.330. The van der Waals surface area contributed by atoms with E-state index in [9.17, 15) is 0 Å². The molecule has 2 heterocycles. The van der Waals surface area contributed by atoms with Crippen LogP contribution in [0, 0.1) is 5.92 Å². The molecule has 1 atom stereocenters. The molecule has 2 aliphatic rings. The standard InChI is InChI=1S/C16H24N2/c1-12(13-5-8-17-9-6-13)14-3-4-16-15(11-14)7-10-18(16)2/h3-4,11-13,17H,5-10H2,1-2H3. The molecule has 3 rings (SSSR count). The average molecular weight is 244 g/mol. The lowest BCUT2D eigenvalue weighted by atomic mass is 9.81. The molecule has 1 saturated heterocycles. The highest BCUT2D eigenvalue weighted by Gasteiger charge is 2.23. The average Bonchev–Trinajstić information content (AvgIpc) is 2.80. The molecule has 1 aromatic rings. The van der Waals surface area contributed by atoms with E-state index in [1.807, 2.05) is 0 Å². The van der Waals surface area contributed by atoms with E-state index >= 15 is 0 Å². The van der Waals surface area contributed by atoms with Crippen LogP contribution in [0.4, 0.5) is 5.69 Å². The molecule has 2 nitrogen and oxygen atoms in total. The summed E-state index contributed by atoms with van der Waals surface area (Å²) in [7, 11) is 2.20. The molecule has 0 spiro atoms. The Balaban J connectivity index is 1.79. The number of fused-ring (bicyclic) bond motifs is 1. The van der Waals surface area contributed by atoms with Gasteiger partial charge in [-0.1, -0.05) is 19.1 Å². The van der Waals surface area contributed by atoms with Gasteiger partial charge in [0.15, 0.2) is 0 Å². The molecule has 18 heavy (non-hydrogen) atoms. The van der Waals surface area contributed by atoms with Crippen molar-refractivity contribution in [2.75, 3.05) is 31.6 Å². The van der Waals surface area contributed by atoms with Crippen LogP contribution in [0.3, 0.4) is 0 Å². The Morgan fingerprint density at radius 1 is 1.28 bits per heavy atom. The van der Waals surface area contributed by atoms with Gasteiger partial charge in [0.2, 0.25) is 0 Å². The number of anilines is 1. The second-order valence-electron chi connectivity index (χ2n) is 5.94. The zero-order valence-corrected chi connectivity index (χ0v) is 11.6. The van der Waals surface area contributed by atoms with Gasteiger partial charge >= 0.3 is 0 Å². The monoisotopic (exact) mass is 244 g/mol. The third kappa shape index (κ3) is 2.14. The number of nitrogens with one attached hydrogen (secondary N) is 1. The molecule has 0 amide bonds. The Kier molecular flexibility index (Phi) is 3.29. The minimum absolute atomic E-state index is 0.711. The number of nitrogens with zero attached hydrogens (tertiary/aromatic N) is 1. The van der Waals surface area contributed by atoms with Gasteiger partial charge in [-0.25, -0.2) is 0 Å². The van der Waals surface area contributed by atoms with Crippen molar-refractivity contribution in [3.8, 4) is 0 Å². The summed E-state index contributed by atoms with van der Waals surface area (Å²) in [6.07, 6.45) is 3.88. The Hall–Kier alpha value is -1.02. The molecule has 1 unspecified atom stereocenters. The van der Waals surface area contributed by atoms with E-state index in [4.69, 9.17) is 0 Å². The minimum atomic E-state index is 0.711. The van der Waals surface area contributed by atoms with Crippen LogP contribution in [0.2, 0.25) is 0 Å². The Labute approximate surface area is 110 Å². The number of hydrogen-bond acceptors (Lipinski definition) is 2. The van der Waals surface area contributed by atoms with Crippen molar-refractivity contribution in [2.45, 2.75) is 32.1 Å². The van der Waals surface area contributed by atoms with Gasteiger partial charge in [0, 0.05) is 19.3 Å². The predicted octanol–water partition coefficient (Wildman–Crippen LogP) is 2.78. The van der Waals surface area contributed by atoms with Crippen molar-refractivity contribution in [1.82, 2.24) is 5.32 Å². The zero-order chi connectivity index (χ0) is 12.5.